The second-order valence-electron chi connectivity index (χ2n) is 6.00. The van der Waals surface area contributed by atoms with Gasteiger partial charge in [0.2, 0.25) is 10.0 Å². The van der Waals surface area contributed by atoms with Crippen LogP contribution in [-0.2, 0) is 19.7 Å². The summed E-state index contributed by atoms with van der Waals surface area (Å²) in [6.45, 7) is 0. The molecule has 2 aromatic rings. The number of aliphatic carboxylic acids is 1. The van der Waals surface area contributed by atoms with Crippen molar-refractivity contribution in [3.05, 3.63) is 64.7 Å². The standard InChI is InChI=1S/C17H15Cl2N3O4S/c18-11-7-5-10(6-8-11)16-17(19,14(21-22-16)9-15(23)24)12-3-1-2-4-13(12)27(20,25)26/h1-8,16,22H,9H2,(H,23,24)(H2,20,25,26). The van der Waals surface area contributed by atoms with Gasteiger partial charge in [-0.25, -0.2) is 13.6 Å². The molecule has 1 aliphatic heterocycles. The van der Waals surface area contributed by atoms with Gasteiger partial charge in [-0.2, -0.15) is 5.10 Å². The number of carbonyl (C=O) groups is 1. The zero-order chi connectivity index (χ0) is 19.8. The third kappa shape index (κ3) is 3.66. The Balaban J connectivity index is 2.22. The largest absolute Gasteiger partial charge is 0.481 e. The number of halogens is 2. The first kappa shape index (κ1) is 19.6. The molecule has 3 rings (SSSR count). The molecule has 0 amide bonds. The minimum absolute atomic E-state index is 0.0766. The predicted octanol–water partition coefficient (Wildman–Crippen LogP) is 2.60. The monoisotopic (exact) mass is 427 g/mol. The Morgan fingerprint density at radius 1 is 1.22 bits per heavy atom. The lowest BCUT2D eigenvalue weighted by atomic mass is 9.82. The second-order valence-corrected chi connectivity index (χ2v) is 8.56. The number of hydrogen-bond acceptors (Lipinski definition) is 5. The van der Waals surface area contributed by atoms with Crippen molar-refractivity contribution in [3.63, 3.8) is 0 Å². The first-order chi connectivity index (χ1) is 12.6. The highest BCUT2D eigenvalue weighted by Gasteiger charge is 2.50. The van der Waals surface area contributed by atoms with E-state index in [1.165, 1.54) is 18.2 Å². The Morgan fingerprint density at radius 2 is 1.85 bits per heavy atom. The fraction of sp³-hybridized carbons (Fsp3) is 0.176. The van der Waals surface area contributed by atoms with Crippen LogP contribution in [0.3, 0.4) is 0 Å². The normalized spacial score (nSPS) is 22.2. The van der Waals surface area contributed by atoms with Crippen LogP contribution in [0.15, 0.2) is 58.5 Å². The van der Waals surface area contributed by atoms with E-state index in [0.29, 0.717) is 10.6 Å². The molecule has 2 unspecified atom stereocenters. The highest BCUT2D eigenvalue weighted by Crippen LogP contribution is 2.48. The molecule has 142 valence electrons. The molecule has 1 heterocycles. The van der Waals surface area contributed by atoms with E-state index >= 15 is 0 Å². The fourth-order valence-corrected chi connectivity index (χ4v) is 4.51. The van der Waals surface area contributed by atoms with E-state index in [2.05, 4.69) is 10.5 Å². The summed E-state index contributed by atoms with van der Waals surface area (Å²) in [5.41, 5.74) is 3.71. The van der Waals surface area contributed by atoms with Crippen molar-refractivity contribution >= 4 is 44.9 Å². The number of hydrogen-bond donors (Lipinski definition) is 3. The van der Waals surface area contributed by atoms with Crippen molar-refractivity contribution in [1.82, 2.24) is 5.43 Å². The van der Waals surface area contributed by atoms with Crippen LogP contribution in [0.1, 0.15) is 23.6 Å². The average molecular weight is 428 g/mol. The summed E-state index contributed by atoms with van der Waals surface area (Å²) in [6, 6.07) is 11.9. The molecular weight excluding hydrogens is 413 g/mol. The van der Waals surface area contributed by atoms with E-state index in [1.807, 2.05) is 0 Å². The number of nitrogens with two attached hydrogens (primary N) is 1. The van der Waals surface area contributed by atoms with Crippen molar-refractivity contribution in [2.45, 2.75) is 22.2 Å². The van der Waals surface area contributed by atoms with E-state index in [1.54, 1.807) is 30.3 Å². The van der Waals surface area contributed by atoms with Gasteiger partial charge in [-0.1, -0.05) is 41.9 Å². The van der Waals surface area contributed by atoms with Crippen LogP contribution >= 0.6 is 23.2 Å². The van der Waals surface area contributed by atoms with E-state index in [-0.39, 0.29) is 16.2 Å². The number of nitrogens with zero attached hydrogens (tertiary/aromatic N) is 1. The molecule has 1 aliphatic rings. The number of alkyl halides is 1. The summed E-state index contributed by atoms with van der Waals surface area (Å²) in [5.74, 6) is -1.15. The maximum Gasteiger partial charge on any atom is 0.309 e. The molecule has 7 nitrogen and oxygen atoms in total. The summed E-state index contributed by atoms with van der Waals surface area (Å²) in [6.07, 6.45) is -0.473. The van der Waals surface area contributed by atoms with E-state index < -0.39 is 33.3 Å². The molecule has 4 N–H and O–H groups in total. The lowest BCUT2D eigenvalue weighted by molar-refractivity contribution is -0.135. The van der Waals surface area contributed by atoms with Gasteiger partial charge in [-0.15, -0.1) is 11.6 Å². The van der Waals surface area contributed by atoms with E-state index in [4.69, 9.17) is 28.3 Å². The van der Waals surface area contributed by atoms with Gasteiger partial charge in [-0.3, -0.25) is 10.2 Å². The Kier molecular flexibility index (Phi) is 5.18. The number of primary sulfonamides is 1. The summed E-state index contributed by atoms with van der Waals surface area (Å²) >= 11 is 12.9. The van der Waals surface area contributed by atoms with E-state index in [9.17, 15) is 18.3 Å². The van der Waals surface area contributed by atoms with Gasteiger partial charge in [-0.05, 0) is 23.8 Å². The number of benzene rings is 2. The van der Waals surface area contributed by atoms with Gasteiger partial charge >= 0.3 is 5.97 Å². The molecule has 0 fully saturated rings. The lowest BCUT2D eigenvalue weighted by Crippen LogP contribution is -2.38. The molecule has 0 bridgehead atoms. The van der Waals surface area contributed by atoms with Gasteiger partial charge in [0.05, 0.1) is 23.1 Å². The zero-order valence-corrected chi connectivity index (χ0v) is 16.1. The molecule has 0 saturated carbocycles. The molecule has 2 atom stereocenters. The Labute approximate surface area is 165 Å². The zero-order valence-electron chi connectivity index (χ0n) is 13.8. The van der Waals surface area contributed by atoms with Crippen molar-refractivity contribution in [2.24, 2.45) is 10.2 Å². The Morgan fingerprint density at radius 3 is 2.44 bits per heavy atom. The van der Waals surface area contributed by atoms with Gasteiger partial charge in [0.25, 0.3) is 0 Å². The fourth-order valence-electron chi connectivity index (χ4n) is 3.08. The third-order valence-electron chi connectivity index (χ3n) is 4.25. The van der Waals surface area contributed by atoms with Crippen molar-refractivity contribution < 1.29 is 18.3 Å². The van der Waals surface area contributed by atoms with Crippen LogP contribution in [0.2, 0.25) is 5.02 Å². The van der Waals surface area contributed by atoms with Crippen molar-refractivity contribution in [1.29, 1.82) is 0 Å². The van der Waals surface area contributed by atoms with Gasteiger partial charge < -0.3 is 5.11 Å². The molecule has 27 heavy (non-hydrogen) atoms. The maximum absolute atomic E-state index is 12.1. The third-order valence-corrected chi connectivity index (χ3v) is 6.11. The first-order valence-electron chi connectivity index (χ1n) is 7.75. The number of nitrogens with one attached hydrogen (secondary N) is 1. The lowest BCUT2D eigenvalue weighted by Gasteiger charge is -2.31. The highest BCUT2D eigenvalue weighted by molar-refractivity contribution is 7.89. The SMILES string of the molecule is NS(=O)(=O)c1ccccc1C1(Cl)C(CC(=O)O)=NNC1c1ccc(Cl)cc1. The minimum Gasteiger partial charge on any atom is -0.481 e. The molecule has 10 heteroatoms. The van der Waals surface area contributed by atoms with Crippen molar-refractivity contribution in [2.75, 3.05) is 0 Å². The quantitative estimate of drug-likeness (QED) is 0.632. The molecule has 0 saturated heterocycles. The van der Waals surface area contributed by atoms with Gasteiger partial charge in [0.15, 0.2) is 0 Å². The summed E-state index contributed by atoms with van der Waals surface area (Å²) in [5, 5.41) is 19.2. The smallest absolute Gasteiger partial charge is 0.309 e. The van der Waals surface area contributed by atoms with Crippen LogP contribution in [-0.4, -0.2) is 25.2 Å². The number of carboxylic acid groups (broad SMARTS) is 1. The average Bonchev–Trinajstić information content (AvgIpc) is 2.92. The Hall–Kier alpha value is -2.13. The topological polar surface area (TPSA) is 122 Å². The Bertz CT molecular complexity index is 1020. The summed E-state index contributed by atoms with van der Waals surface area (Å²) in [7, 11) is -4.11. The van der Waals surface area contributed by atoms with Gasteiger partial charge in [0.1, 0.15) is 4.87 Å². The van der Waals surface area contributed by atoms with E-state index in [0.717, 1.165) is 0 Å². The molecule has 2 aromatic carbocycles. The summed E-state index contributed by atoms with van der Waals surface area (Å²) in [4.78, 5) is 9.55. The second kappa shape index (κ2) is 7.12. The number of rotatable bonds is 5. The summed E-state index contributed by atoms with van der Waals surface area (Å²) < 4.78 is 24.2. The van der Waals surface area contributed by atoms with Crippen LogP contribution in [0.5, 0.6) is 0 Å². The molecule has 0 aromatic heterocycles. The van der Waals surface area contributed by atoms with Crippen LogP contribution in [0.4, 0.5) is 0 Å². The molecule has 0 aliphatic carbocycles. The van der Waals surface area contributed by atoms with Gasteiger partial charge in [0, 0.05) is 10.6 Å². The highest BCUT2D eigenvalue weighted by atomic mass is 35.5. The maximum atomic E-state index is 12.1. The van der Waals surface area contributed by atoms with Crippen LogP contribution in [0, 0.1) is 0 Å². The number of carboxylic acids is 1. The first-order valence-corrected chi connectivity index (χ1v) is 10.1. The molecular formula is C17H15Cl2N3O4S. The minimum atomic E-state index is -4.11. The molecule has 0 radical (unpaired) electrons. The van der Waals surface area contributed by atoms with Crippen molar-refractivity contribution in [3.8, 4) is 0 Å². The predicted molar refractivity (Wildman–Crippen MR) is 102 cm³/mol. The van der Waals surface area contributed by atoms with Crippen LogP contribution in [0.25, 0.3) is 0 Å². The van der Waals surface area contributed by atoms with Crippen LogP contribution < -0.4 is 10.6 Å². The number of sulfonamides is 1. The number of hydrazone groups is 1. The molecule has 0 spiro atoms.